The van der Waals surface area contributed by atoms with Gasteiger partial charge >= 0.3 is 166 Å². The van der Waals surface area contributed by atoms with Crippen LogP contribution in [-0.2, 0) is 20.0 Å². The molecule has 0 saturated heterocycles. The third kappa shape index (κ3) is 3.57. The Morgan fingerprint density at radius 2 is 1.15 bits per heavy atom. The maximum atomic E-state index is 7.31. The molecule has 0 N–H and O–H groups in total. The van der Waals surface area contributed by atoms with Crippen LogP contribution in [0.1, 0.15) is 34.6 Å². The van der Waals surface area contributed by atoms with Crippen LogP contribution in [0.3, 0.4) is 0 Å². The molecular formula is C22H25ClO2Zr. The summed E-state index contributed by atoms with van der Waals surface area (Å²) in [6, 6.07) is 19.5. The summed E-state index contributed by atoms with van der Waals surface area (Å²) >= 11 is -4.21. The summed E-state index contributed by atoms with van der Waals surface area (Å²) < 4.78 is 14.1. The first-order valence-corrected chi connectivity index (χ1v) is 15.2. The van der Waals surface area contributed by atoms with Crippen LogP contribution in [0.25, 0.3) is 0 Å². The molecule has 0 unspecified atom stereocenters. The first kappa shape index (κ1) is 19.5. The van der Waals surface area contributed by atoms with Gasteiger partial charge in [0.2, 0.25) is 0 Å². The zero-order valence-corrected chi connectivity index (χ0v) is 19.2. The molecule has 1 aliphatic rings. The Morgan fingerprint density at radius 1 is 0.731 bits per heavy atom. The van der Waals surface area contributed by atoms with Crippen LogP contribution in [0.2, 0.25) is 0 Å². The first-order valence-electron chi connectivity index (χ1n) is 8.83. The average Bonchev–Trinajstić information content (AvgIpc) is 2.76. The van der Waals surface area contributed by atoms with Crippen molar-refractivity contribution in [2.24, 2.45) is 5.41 Å². The number of para-hydroxylation sites is 2. The minimum absolute atomic E-state index is 0.171. The van der Waals surface area contributed by atoms with E-state index in [1.54, 1.807) is 0 Å². The number of benzene rings is 2. The van der Waals surface area contributed by atoms with Gasteiger partial charge in [-0.1, -0.05) is 0 Å². The Labute approximate surface area is 165 Å². The number of hydrogen-bond donors (Lipinski definition) is 0. The predicted octanol–water partition coefficient (Wildman–Crippen LogP) is 6.93. The van der Waals surface area contributed by atoms with Crippen molar-refractivity contribution in [2.45, 2.75) is 34.6 Å². The van der Waals surface area contributed by atoms with E-state index < -0.39 is 20.0 Å². The van der Waals surface area contributed by atoms with E-state index in [1.165, 1.54) is 16.7 Å². The van der Waals surface area contributed by atoms with Gasteiger partial charge in [0.05, 0.1) is 0 Å². The summed E-state index contributed by atoms with van der Waals surface area (Å²) in [5, 5.41) is 0. The molecule has 0 atom stereocenters. The zero-order chi connectivity index (χ0) is 18.9. The molecule has 0 fully saturated rings. The Balaban J connectivity index is 2.09. The van der Waals surface area contributed by atoms with E-state index in [2.05, 4.69) is 34.6 Å². The van der Waals surface area contributed by atoms with E-state index in [0.717, 1.165) is 14.8 Å². The summed E-state index contributed by atoms with van der Waals surface area (Å²) in [6.45, 7) is 10.9. The summed E-state index contributed by atoms with van der Waals surface area (Å²) in [7, 11) is 7.31. The average molecular weight is 448 g/mol. The zero-order valence-electron chi connectivity index (χ0n) is 16.0. The van der Waals surface area contributed by atoms with Gasteiger partial charge in [-0.15, -0.1) is 0 Å². The summed E-state index contributed by atoms with van der Waals surface area (Å²) in [6.07, 6.45) is 0. The van der Waals surface area contributed by atoms with E-state index in [0.29, 0.717) is 0 Å². The molecule has 0 bridgehead atoms. The molecule has 0 amide bonds. The Hall–Kier alpha value is -1.31. The number of halogens is 1. The van der Waals surface area contributed by atoms with Crippen molar-refractivity contribution in [3.8, 4) is 11.5 Å². The van der Waals surface area contributed by atoms with Crippen LogP contribution < -0.4 is 5.63 Å². The van der Waals surface area contributed by atoms with E-state index in [4.69, 9.17) is 14.1 Å². The fourth-order valence-electron chi connectivity index (χ4n) is 3.59. The quantitative estimate of drug-likeness (QED) is 0.494. The molecule has 0 spiro atoms. The number of hydrogen-bond acceptors (Lipinski definition) is 2. The Morgan fingerprint density at radius 3 is 1.50 bits per heavy atom. The van der Waals surface area contributed by atoms with E-state index in [9.17, 15) is 0 Å². The topological polar surface area (TPSA) is 18.5 Å². The summed E-state index contributed by atoms with van der Waals surface area (Å²) in [5.74, 6) is 1.51. The summed E-state index contributed by atoms with van der Waals surface area (Å²) in [4.78, 5) is 0. The van der Waals surface area contributed by atoms with Gasteiger partial charge in [0, 0.05) is 0 Å². The number of allylic oxidation sites excluding steroid dienone is 4. The van der Waals surface area contributed by atoms with Gasteiger partial charge in [-0.25, -0.2) is 0 Å². The molecule has 3 rings (SSSR count). The molecule has 2 aromatic rings. The van der Waals surface area contributed by atoms with Crippen LogP contribution >= 0.6 is 8.51 Å². The van der Waals surface area contributed by atoms with E-state index >= 15 is 0 Å². The van der Waals surface area contributed by atoms with Crippen molar-refractivity contribution in [1.82, 2.24) is 0 Å². The van der Waals surface area contributed by atoms with Gasteiger partial charge in [0.1, 0.15) is 0 Å². The fraction of sp³-hybridized carbons (Fsp3) is 0.273. The van der Waals surface area contributed by atoms with Crippen LogP contribution in [-0.4, -0.2) is 0 Å². The number of rotatable bonds is 5. The van der Waals surface area contributed by atoms with E-state index in [1.807, 2.05) is 60.7 Å². The Bertz CT molecular complexity index is 813. The molecule has 4 heteroatoms. The molecule has 0 radical (unpaired) electrons. The van der Waals surface area contributed by atoms with E-state index in [-0.39, 0.29) is 5.41 Å². The molecule has 2 aromatic carbocycles. The van der Waals surface area contributed by atoms with Gasteiger partial charge in [0.15, 0.2) is 0 Å². The molecular weight excluding hydrogens is 423 g/mol. The van der Waals surface area contributed by atoms with Crippen molar-refractivity contribution in [2.75, 3.05) is 0 Å². The molecule has 0 heterocycles. The third-order valence-corrected chi connectivity index (χ3v) is 13.8. The normalized spacial score (nSPS) is 16.8. The second-order valence-electron chi connectivity index (χ2n) is 7.24. The van der Waals surface area contributed by atoms with Gasteiger partial charge in [0.25, 0.3) is 0 Å². The van der Waals surface area contributed by atoms with Gasteiger partial charge in [-0.3, -0.25) is 0 Å². The van der Waals surface area contributed by atoms with Crippen molar-refractivity contribution in [3.63, 3.8) is 0 Å². The molecule has 0 saturated carbocycles. The molecule has 0 aromatic heterocycles. The molecule has 0 aliphatic heterocycles. The van der Waals surface area contributed by atoms with Crippen LogP contribution in [0, 0.1) is 5.41 Å². The minimum atomic E-state index is -4.21. The predicted molar refractivity (Wildman–Crippen MR) is 105 cm³/mol. The van der Waals surface area contributed by atoms with Crippen molar-refractivity contribution in [3.05, 3.63) is 80.7 Å². The molecule has 136 valence electrons. The van der Waals surface area contributed by atoms with Crippen molar-refractivity contribution < 1.29 is 25.6 Å². The second-order valence-corrected chi connectivity index (χ2v) is 15.1. The first-order chi connectivity index (χ1) is 12.3. The van der Waals surface area contributed by atoms with Gasteiger partial charge in [-0.05, 0) is 0 Å². The second kappa shape index (κ2) is 7.37. The Kier molecular flexibility index (Phi) is 5.51. The summed E-state index contributed by atoms with van der Waals surface area (Å²) in [5.41, 5.74) is 3.67. The van der Waals surface area contributed by atoms with Crippen LogP contribution in [0.5, 0.6) is 11.5 Å². The van der Waals surface area contributed by atoms with Crippen LogP contribution in [0.15, 0.2) is 80.7 Å². The molecule has 26 heavy (non-hydrogen) atoms. The fourth-order valence-corrected chi connectivity index (χ4v) is 13.5. The van der Waals surface area contributed by atoms with Crippen molar-refractivity contribution in [1.29, 1.82) is 0 Å². The monoisotopic (exact) mass is 446 g/mol. The maximum absolute atomic E-state index is 7.31. The molecule has 2 nitrogen and oxygen atoms in total. The van der Waals surface area contributed by atoms with Crippen molar-refractivity contribution >= 4 is 8.51 Å². The third-order valence-electron chi connectivity index (χ3n) is 5.35. The standard InChI is InChI=1S/C10H15.2C6H6O.ClH.Zr/c1-7-6-10(4,5)9(3)8(7)2;2*7-6-4-2-1-3-5-6;;/h1-5H3;2*1-5,7H;1H;/q;;;;+3/p-3. The van der Waals surface area contributed by atoms with Crippen LogP contribution in [0.4, 0.5) is 0 Å². The van der Waals surface area contributed by atoms with Gasteiger partial charge in [-0.2, -0.15) is 0 Å². The molecule has 1 aliphatic carbocycles. The SMILES string of the molecule is CC1=C(C)C(C)(C)[C]([Zr]([Cl])([O]c2ccccc2)[O]c2ccccc2)=C1C. The van der Waals surface area contributed by atoms with Gasteiger partial charge < -0.3 is 0 Å².